The molecule has 2 nitrogen and oxygen atoms in total. The Morgan fingerprint density at radius 1 is 1.26 bits per heavy atom. The summed E-state index contributed by atoms with van der Waals surface area (Å²) in [6.07, 6.45) is 6.56. The van der Waals surface area contributed by atoms with Crippen LogP contribution in [0.1, 0.15) is 52.9 Å². The molecule has 0 bridgehead atoms. The van der Waals surface area contributed by atoms with Crippen molar-refractivity contribution < 1.29 is 0 Å². The molecule has 2 rings (SSSR count). The number of likely N-dealkylation sites (tertiary alicyclic amines) is 1. The minimum atomic E-state index is 0.590. The molecule has 0 spiro atoms. The maximum Gasteiger partial charge on any atom is 0.0355 e. The molecule has 5 atom stereocenters. The van der Waals surface area contributed by atoms with Crippen LogP contribution >= 0.6 is 0 Å². The van der Waals surface area contributed by atoms with Gasteiger partial charge >= 0.3 is 0 Å². The topological polar surface area (TPSA) is 25.2 Å². The first-order valence-corrected chi connectivity index (χ1v) is 8.25. The lowest BCUT2D eigenvalue weighted by Gasteiger charge is -2.37. The van der Waals surface area contributed by atoms with Crippen LogP contribution in [0, 0.1) is 11.8 Å². The van der Waals surface area contributed by atoms with E-state index in [-0.39, 0.29) is 0 Å². The molecule has 0 saturated carbocycles. The number of nitrogens with one attached hydrogen (secondary N) is 1. The minimum absolute atomic E-state index is 0.590. The fraction of sp³-hybridized carbons (Fsp3) is 0.882. The Labute approximate surface area is 119 Å². The average molecular weight is 264 g/mol. The molecule has 0 aromatic rings. The van der Waals surface area contributed by atoms with E-state index in [0.29, 0.717) is 12.0 Å². The van der Waals surface area contributed by atoms with Crippen molar-refractivity contribution >= 4 is 0 Å². The van der Waals surface area contributed by atoms with Crippen LogP contribution in [-0.4, -0.2) is 36.6 Å². The molecule has 1 N–H and O–H groups in total. The van der Waals surface area contributed by atoms with E-state index in [1.165, 1.54) is 44.2 Å². The van der Waals surface area contributed by atoms with Crippen LogP contribution in [-0.2, 0) is 0 Å². The van der Waals surface area contributed by atoms with Crippen molar-refractivity contribution in [3.63, 3.8) is 0 Å². The monoisotopic (exact) mass is 264 g/mol. The Hall–Kier alpha value is -0.340. The number of rotatable bonds is 5. The first-order chi connectivity index (χ1) is 9.10. The third kappa shape index (κ3) is 3.22. The Bertz CT molecular complexity index is 312. The standard InChI is InChI=1S/C17H32N2/c1-6-8-10-14-12(3)13(4)16(9-7-2)19(5)11-15-17(14)18-15/h12,14-18H,4,6-11H2,1-3,5H3/t12-,14-,15?,16+,17?/m1/s1. The number of hydrogen-bond acceptors (Lipinski definition) is 2. The van der Waals surface area contributed by atoms with E-state index in [1.807, 2.05) is 0 Å². The van der Waals surface area contributed by atoms with Gasteiger partial charge in [-0.15, -0.1) is 0 Å². The lowest BCUT2D eigenvalue weighted by Crippen LogP contribution is -2.42. The normalized spacial score (nSPS) is 39.6. The van der Waals surface area contributed by atoms with E-state index in [0.717, 1.165) is 18.0 Å². The van der Waals surface area contributed by atoms with Gasteiger partial charge in [0, 0.05) is 24.7 Å². The highest BCUT2D eigenvalue weighted by Gasteiger charge is 2.47. The van der Waals surface area contributed by atoms with Gasteiger partial charge in [0.25, 0.3) is 0 Å². The van der Waals surface area contributed by atoms with Gasteiger partial charge in [-0.25, -0.2) is 0 Å². The van der Waals surface area contributed by atoms with E-state index in [9.17, 15) is 0 Å². The van der Waals surface area contributed by atoms with E-state index in [1.54, 1.807) is 0 Å². The molecule has 0 radical (unpaired) electrons. The molecule has 0 aromatic heterocycles. The van der Waals surface area contributed by atoms with Crippen LogP contribution in [0.25, 0.3) is 0 Å². The zero-order chi connectivity index (χ0) is 14.0. The number of unbranched alkanes of at least 4 members (excludes halogenated alkanes) is 1. The second kappa shape index (κ2) is 6.41. The third-order valence-electron chi connectivity index (χ3n) is 5.32. The molecule has 0 aliphatic carbocycles. The molecule has 2 unspecified atom stereocenters. The Morgan fingerprint density at radius 3 is 2.63 bits per heavy atom. The largest absolute Gasteiger partial charge is 0.307 e. The SMILES string of the molecule is C=C1[C@@H](C)[C@@H](CCCC)C2NC2CN(C)[C@H]1CCC. The second-order valence-corrected chi connectivity index (χ2v) is 6.71. The fourth-order valence-electron chi connectivity index (χ4n) is 3.94. The summed E-state index contributed by atoms with van der Waals surface area (Å²) < 4.78 is 0. The van der Waals surface area contributed by atoms with E-state index >= 15 is 0 Å². The summed E-state index contributed by atoms with van der Waals surface area (Å²) in [5, 5.41) is 3.73. The van der Waals surface area contributed by atoms with Crippen LogP contribution in [0.3, 0.4) is 0 Å². The smallest absolute Gasteiger partial charge is 0.0355 e. The molecule has 19 heavy (non-hydrogen) atoms. The zero-order valence-corrected chi connectivity index (χ0v) is 13.3. The van der Waals surface area contributed by atoms with Crippen molar-refractivity contribution in [3.05, 3.63) is 12.2 Å². The van der Waals surface area contributed by atoms with Crippen molar-refractivity contribution in [2.24, 2.45) is 11.8 Å². The summed E-state index contributed by atoms with van der Waals surface area (Å²) in [5.74, 6) is 1.47. The van der Waals surface area contributed by atoms with Gasteiger partial charge in [-0.3, -0.25) is 4.90 Å². The summed E-state index contributed by atoms with van der Waals surface area (Å²) in [6, 6.07) is 2.08. The second-order valence-electron chi connectivity index (χ2n) is 6.71. The Kier molecular flexibility index (Phi) is 5.08. The molecule has 2 aliphatic heterocycles. The highest BCUT2D eigenvalue weighted by Crippen LogP contribution is 2.39. The first kappa shape index (κ1) is 15.1. The summed E-state index contributed by atoms with van der Waals surface area (Å²) in [7, 11) is 2.28. The van der Waals surface area contributed by atoms with Gasteiger partial charge in [-0.2, -0.15) is 0 Å². The predicted molar refractivity (Wildman–Crippen MR) is 83.4 cm³/mol. The number of nitrogens with zero attached hydrogens (tertiary/aromatic N) is 1. The zero-order valence-electron chi connectivity index (χ0n) is 13.3. The maximum atomic E-state index is 4.49. The van der Waals surface area contributed by atoms with Gasteiger partial charge in [-0.05, 0) is 31.7 Å². The molecule has 2 saturated heterocycles. The van der Waals surface area contributed by atoms with Crippen LogP contribution < -0.4 is 5.32 Å². The number of likely N-dealkylation sites (N-methyl/N-ethyl adjacent to an activating group) is 1. The molecular weight excluding hydrogens is 232 g/mol. The molecule has 0 aromatic carbocycles. The van der Waals surface area contributed by atoms with Crippen LogP contribution in [0.15, 0.2) is 12.2 Å². The fourth-order valence-corrected chi connectivity index (χ4v) is 3.94. The first-order valence-electron chi connectivity index (χ1n) is 8.25. The maximum absolute atomic E-state index is 4.49. The van der Waals surface area contributed by atoms with Crippen LogP contribution in [0.2, 0.25) is 0 Å². The predicted octanol–water partition coefficient (Wildman–Crippen LogP) is 3.44. The average Bonchev–Trinajstić information content (AvgIpc) is 3.13. The van der Waals surface area contributed by atoms with Crippen molar-refractivity contribution in [3.8, 4) is 0 Å². The highest BCUT2D eigenvalue weighted by atomic mass is 15.2. The van der Waals surface area contributed by atoms with Crippen molar-refractivity contribution in [2.45, 2.75) is 71.0 Å². The molecule has 2 aliphatic rings. The molecule has 2 heteroatoms. The van der Waals surface area contributed by atoms with Gasteiger partial charge in [0.2, 0.25) is 0 Å². The van der Waals surface area contributed by atoms with Crippen LogP contribution in [0.4, 0.5) is 0 Å². The lowest BCUT2D eigenvalue weighted by atomic mass is 9.76. The molecule has 110 valence electrons. The van der Waals surface area contributed by atoms with Gasteiger partial charge < -0.3 is 5.32 Å². The van der Waals surface area contributed by atoms with Gasteiger partial charge in [0.15, 0.2) is 0 Å². The number of hydrogen-bond donors (Lipinski definition) is 1. The van der Waals surface area contributed by atoms with E-state index in [4.69, 9.17) is 0 Å². The molecule has 2 fully saturated rings. The van der Waals surface area contributed by atoms with Gasteiger partial charge in [0.1, 0.15) is 0 Å². The summed E-state index contributed by atoms with van der Waals surface area (Å²) in [4.78, 5) is 2.54. The summed E-state index contributed by atoms with van der Waals surface area (Å²) in [5.41, 5.74) is 1.48. The third-order valence-corrected chi connectivity index (χ3v) is 5.32. The Balaban J connectivity index is 2.10. The van der Waals surface area contributed by atoms with Crippen molar-refractivity contribution in [2.75, 3.05) is 13.6 Å². The quantitative estimate of drug-likeness (QED) is 0.608. The van der Waals surface area contributed by atoms with Gasteiger partial charge in [0.05, 0.1) is 0 Å². The van der Waals surface area contributed by atoms with Crippen LogP contribution in [0.5, 0.6) is 0 Å². The van der Waals surface area contributed by atoms with Crippen molar-refractivity contribution in [1.82, 2.24) is 10.2 Å². The van der Waals surface area contributed by atoms with E-state index in [2.05, 4.69) is 44.6 Å². The molecule has 0 amide bonds. The molecule has 2 heterocycles. The summed E-state index contributed by atoms with van der Waals surface area (Å²) >= 11 is 0. The Morgan fingerprint density at radius 2 is 2.00 bits per heavy atom. The molecular formula is C17H32N2. The lowest BCUT2D eigenvalue weighted by molar-refractivity contribution is 0.210. The van der Waals surface area contributed by atoms with E-state index < -0.39 is 0 Å². The minimum Gasteiger partial charge on any atom is -0.307 e. The number of fused-ring (bicyclic) bond motifs is 1. The highest BCUT2D eigenvalue weighted by molar-refractivity contribution is 5.18. The summed E-state index contributed by atoms with van der Waals surface area (Å²) in [6.45, 7) is 12.7. The van der Waals surface area contributed by atoms with Crippen molar-refractivity contribution in [1.29, 1.82) is 0 Å². The van der Waals surface area contributed by atoms with Gasteiger partial charge in [-0.1, -0.05) is 52.2 Å².